The highest BCUT2D eigenvalue weighted by Gasteiger charge is 2.35. The number of nitrogens with zero attached hydrogens (tertiary/aromatic N) is 1. The first-order valence-electron chi connectivity index (χ1n) is 5.31. The predicted octanol–water partition coefficient (Wildman–Crippen LogP) is 1.94. The zero-order valence-electron chi connectivity index (χ0n) is 8.89. The maximum absolute atomic E-state index is 11.1. The normalized spacial score (nSPS) is 21.9. The van der Waals surface area contributed by atoms with Gasteiger partial charge >= 0.3 is 6.03 Å². The standard InChI is InChI=1S/C12H16N2O/c1-9(10-5-3-2-4-6-10)11-7-8-14(11)12(13)15/h2-6,9,11H,7-8H2,1H3,(H2,13,15)/t9-,11?/m1/s1. The zero-order chi connectivity index (χ0) is 10.8. The number of amides is 2. The lowest BCUT2D eigenvalue weighted by atomic mass is 9.85. The van der Waals surface area contributed by atoms with Crippen LogP contribution in [0.25, 0.3) is 0 Å². The van der Waals surface area contributed by atoms with Gasteiger partial charge in [0.15, 0.2) is 0 Å². The summed E-state index contributed by atoms with van der Waals surface area (Å²) in [6.45, 7) is 2.95. The Bertz CT molecular complexity index is 350. The summed E-state index contributed by atoms with van der Waals surface area (Å²) in [7, 11) is 0. The Labute approximate surface area is 89.9 Å². The van der Waals surface area contributed by atoms with Crippen molar-refractivity contribution in [3.05, 3.63) is 35.9 Å². The third kappa shape index (κ3) is 1.82. The highest BCUT2D eigenvalue weighted by Crippen LogP contribution is 2.31. The van der Waals surface area contributed by atoms with Gasteiger partial charge < -0.3 is 10.6 Å². The molecule has 1 unspecified atom stereocenters. The van der Waals surface area contributed by atoms with E-state index >= 15 is 0 Å². The van der Waals surface area contributed by atoms with Gasteiger partial charge in [0.1, 0.15) is 0 Å². The number of nitrogens with two attached hydrogens (primary N) is 1. The van der Waals surface area contributed by atoms with Gasteiger partial charge in [-0.25, -0.2) is 4.79 Å². The Morgan fingerprint density at radius 3 is 2.60 bits per heavy atom. The van der Waals surface area contributed by atoms with Crippen molar-refractivity contribution < 1.29 is 4.79 Å². The molecule has 0 aromatic heterocycles. The average Bonchev–Trinajstić information content (AvgIpc) is 2.16. The lowest BCUT2D eigenvalue weighted by Gasteiger charge is -2.43. The minimum absolute atomic E-state index is 0.282. The van der Waals surface area contributed by atoms with Gasteiger partial charge in [-0.05, 0) is 12.0 Å². The fourth-order valence-electron chi connectivity index (χ4n) is 2.18. The maximum atomic E-state index is 11.1. The molecule has 3 nitrogen and oxygen atoms in total. The van der Waals surface area contributed by atoms with E-state index in [1.165, 1.54) is 5.56 Å². The molecule has 1 saturated heterocycles. The maximum Gasteiger partial charge on any atom is 0.315 e. The van der Waals surface area contributed by atoms with Gasteiger partial charge in [0.05, 0.1) is 0 Å². The minimum atomic E-state index is -0.297. The number of likely N-dealkylation sites (tertiary alicyclic amines) is 1. The molecule has 2 atom stereocenters. The monoisotopic (exact) mass is 204 g/mol. The summed E-state index contributed by atoms with van der Waals surface area (Å²) in [6.07, 6.45) is 1.05. The Kier molecular flexibility index (Phi) is 2.62. The molecule has 1 aromatic rings. The van der Waals surface area contributed by atoms with Crippen LogP contribution in [0.4, 0.5) is 4.79 Å². The smallest absolute Gasteiger partial charge is 0.315 e. The number of primary amides is 1. The van der Waals surface area contributed by atoms with Crippen LogP contribution in [-0.4, -0.2) is 23.5 Å². The lowest BCUT2D eigenvalue weighted by Crippen LogP contribution is -2.55. The molecule has 2 rings (SSSR count). The van der Waals surface area contributed by atoms with Crippen LogP contribution in [0.1, 0.15) is 24.8 Å². The van der Waals surface area contributed by atoms with Crippen molar-refractivity contribution in [2.45, 2.75) is 25.3 Å². The van der Waals surface area contributed by atoms with Crippen LogP contribution in [-0.2, 0) is 0 Å². The van der Waals surface area contributed by atoms with Crippen molar-refractivity contribution in [2.24, 2.45) is 5.73 Å². The Morgan fingerprint density at radius 2 is 2.13 bits per heavy atom. The molecule has 0 radical (unpaired) electrons. The second-order valence-electron chi connectivity index (χ2n) is 4.09. The molecular weight excluding hydrogens is 188 g/mol. The van der Waals surface area contributed by atoms with Gasteiger partial charge in [0.2, 0.25) is 0 Å². The molecule has 2 N–H and O–H groups in total. The number of carbonyl (C=O) groups excluding carboxylic acids is 1. The van der Waals surface area contributed by atoms with Crippen molar-refractivity contribution >= 4 is 6.03 Å². The van der Waals surface area contributed by atoms with E-state index in [0.29, 0.717) is 5.92 Å². The van der Waals surface area contributed by atoms with E-state index in [4.69, 9.17) is 5.73 Å². The summed E-state index contributed by atoms with van der Waals surface area (Å²) in [5.74, 6) is 0.368. The summed E-state index contributed by atoms with van der Waals surface area (Å²) in [5.41, 5.74) is 6.56. The molecule has 15 heavy (non-hydrogen) atoms. The van der Waals surface area contributed by atoms with E-state index in [2.05, 4.69) is 19.1 Å². The molecule has 1 fully saturated rings. The molecule has 3 heteroatoms. The van der Waals surface area contributed by atoms with Crippen LogP contribution in [0.5, 0.6) is 0 Å². The van der Waals surface area contributed by atoms with E-state index in [1.807, 2.05) is 18.2 Å². The van der Waals surface area contributed by atoms with Crippen molar-refractivity contribution in [1.29, 1.82) is 0 Å². The summed E-state index contributed by atoms with van der Waals surface area (Å²) in [6, 6.07) is 10.2. The van der Waals surface area contributed by atoms with Gasteiger partial charge in [0, 0.05) is 18.5 Å². The zero-order valence-corrected chi connectivity index (χ0v) is 8.89. The number of carbonyl (C=O) groups is 1. The molecule has 0 saturated carbocycles. The molecule has 80 valence electrons. The molecule has 1 aromatic carbocycles. The molecule has 0 aliphatic carbocycles. The van der Waals surface area contributed by atoms with Gasteiger partial charge in [-0.15, -0.1) is 0 Å². The average molecular weight is 204 g/mol. The van der Waals surface area contributed by atoms with Crippen LogP contribution in [0, 0.1) is 0 Å². The number of hydrogen-bond acceptors (Lipinski definition) is 1. The SMILES string of the molecule is C[C@H](c1ccccc1)C1CCN1C(N)=O. The molecule has 0 spiro atoms. The van der Waals surface area contributed by atoms with Crippen molar-refractivity contribution in [3.63, 3.8) is 0 Å². The van der Waals surface area contributed by atoms with Gasteiger partial charge in [-0.1, -0.05) is 37.3 Å². The van der Waals surface area contributed by atoms with Crippen LogP contribution in [0.15, 0.2) is 30.3 Å². The second kappa shape index (κ2) is 3.93. The van der Waals surface area contributed by atoms with Crippen molar-refractivity contribution in [2.75, 3.05) is 6.54 Å². The van der Waals surface area contributed by atoms with Crippen LogP contribution >= 0.6 is 0 Å². The van der Waals surface area contributed by atoms with E-state index in [0.717, 1.165) is 13.0 Å². The van der Waals surface area contributed by atoms with Gasteiger partial charge in [-0.2, -0.15) is 0 Å². The lowest BCUT2D eigenvalue weighted by molar-refractivity contribution is 0.107. The summed E-state index contributed by atoms with van der Waals surface area (Å²) in [5, 5.41) is 0. The Hall–Kier alpha value is -1.51. The van der Waals surface area contributed by atoms with Crippen molar-refractivity contribution in [1.82, 2.24) is 4.90 Å². The third-order valence-electron chi connectivity index (χ3n) is 3.25. The van der Waals surface area contributed by atoms with E-state index < -0.39 is 0 Å². The fraction of sp³-hybridized carbons (Fsp3) is 0.417. The predicted molar refractivity (Wildman–Crippen MR) is 59.6 cm³/mol. The first-order chi connectivity index (χ1) is 7.20. The molecule has 1 aliphatic rings. The number of urea groups is 1. The Morgan fingerprint density at radius 1 is 1.47 bits per heavy atom. The molecule has 0 bridgehead atoms. The first-order valence-corrected chi connectivity index (χ1v) is 5.31. The van der Waals surface area contributed by atoms with Crippen LogP contribution in [0.2, 0.25) is 0 Å². The van der Waals surface area contributed by atoms with Crippen LogP contribution in [0.3, 0.4) is 0 Å². The summed E-state index contributed by atoms with van der Waals surface area (Å²) < 4.78 is 0. The highest BCUT2D eigenvalue weighted by atomic mass is 16.2. The fourth-order valence-corrected chi connectivity index (χ4v) is 2.18. The first kappa shape index (κ1) is 10.0. The summed E-state index contributed by atoms with van der Waals surface area (Å²) >= 11 is 0. The number of benzene rings is 1. The molecule has 1 aliphatic heterocycles. The molecule has 1 heterocycles. The minimum Gasteiger partial charge on any atom is -0.351 e. The Balaban J connectivity index is 2.09. The second-order valence-corrected chi connectivity index (χ2v) is 4.09. The van der Waals surface area contributed by atoms with E-state index in [-0.39, 0.29) is 12.1 Å². The van der Waals surface area contributed by atoms with E-state index in [1.54, 1.807) is 4.90 Å². The van der Waals surface area contributed by atoms with Crippen molar-refractivity contribution in [3.8, 4) is 0 Å². The quantitative estimate of drug-likeness (QED) is 0.786. The van der Waals surface area contributed by atoms with Gasteiger partial charge in [0.25, 0.3) is 0 Å². The topological polar surface area (TPSA) is 46.3 Å². The molecular formula is C12H16N2O. The number of hydrogen-bond donors (Lipinski definition) is 1. The highest BCUT2D eigenvalue weighted by molar-refractivity contribution is 5.73. The van der Waals surface area contributed by atoms with Crippen LogP contribution < -0.4 is 5.73 Å². The van der Waals surface area contributed by atoms with Gasteiger partial charge in [-0.3, -0.25) is 0 Å². The molecule has 2 amide bonds. The summed E-state index contributed by atoms with van der Waals surface area (Å²) in [4.78, 5) is 12.8. The third-order valence-corrected chi connectivity index (χ3v) is 3.25. The largest absolute Gasteiger partial charge is 0.351 e. The number of rotatable bonds is 2. The van der Waals surface area contributed by atoms with E-state index in [9.17, 15) is 4.79 Å².